The number of hydrogen-bond donors (Lipinski definition) is 2. The summed E-state index contributed by atoms with van der Waals surface area (Å²) in [7, 11) is 0. The minimum absolute atomic E-state index is 0.395. The lowest BCUT2D eigenvalue weighted by atomic mass is 9.94. The van der Waals surface area contributed by atoms with Gasteiger partial charge < -0.3 is 11.1 Å². The van der Waals surface area contributed by atoms with Crippen molar-refractivity contribution in [1.29, 1.82) is 0 Å². The Morgan fingerprint density at radius 3 is 3.05 bits per heavy atom. The van der Waals surface area contributed by atoms with E-state index in [-0.39, 0.29) is 0 Å². The molecule has 0 aliphatic heterocycles. The van der Waals surface area contributed by atoms with Gasteiger partial charge in [0.25, 0.3) is 0 Å². The van der Waals surface area contributed by atoms with Gasteiger partial charge in [-0.1, -0.05) is 17.7 Å². The van der Waals surface area contributed by atoms with Crippen LogP contribution in [0.15, 0.2) is 29.6 Å². The molecule has 1 unspecified atom stereocenters. The van der Waals surface area contributed by atoms with Gasteiger partial charge in [0.15, 0.2) is 0 Å². The Morgan fingerprint density at radius 1 is 1.43 bits per heavy atom. The van der Waals surface area contributed by atoms with Crippen LogP contribution in [-0.2, 0) is 13.0 Å². The Labute approximate surface area is 133 Å². The van der Waals surface area contributed by atoms with Crippen LogP contribution in [0.3, 0.4) is 0 Å². The van der Waals surface area contributed by atoms with Crippen molar-refractivity contribution in [2.75, 3.05) is 0 Å². The molecule has 1 aromatic carbocycles. The smallest absolute Gasteiger partial charge is 0.248 e. The zero-order valence-electron chi connectivity index (χ0n) is 11.6. The molecule has 1 amide bonds. The van der Waals surface area contributed by atoms with Crippen LogP contribution >= 0.6 is 22.9 Å². The number of nitrogens with two attached hydrogens (primary N) is 1. The van der Waals surface area contributed by atoms with Gasteiger partial charge in [0.2, 0.25) is 5.91 Å². The predicted molar refractivity (Wildman–Crippen MR) is 86.8 cm³/mol. The van der Waals surface area contributed by atoms with Crippen LogP contribution in [-0.4, -0.2) is 5.91 Å². The van der Waals surface area contributed by atoms with Gasteiger partial charge in [-0.25, -0.2) is 0 Å². The van der Waals surface area contributed by atoms with Crippen LogP contribution in [0.1, 0.15) is 45.2 Å². The second kappa shape index (κ2) is 6.18. The molecule has 2 aromatic rings. The molecular formula is C16H17ClN2OS. The minimum Gasteiger partial charge on any atom is -0.366 e. The number of fused-ring (bicyclic) bond motifs is 1. The lowest BCUT2D eigenvalue weighted by Crippen LogP contribution is -2.24. The Morgan fingerprint density at radius 2 is 2.29 bits per heavy atom. The first-order valence-corrected chi connectivity index (χ1v) is 8.29. The fourth-order valence-electron chi connectivity index (χ4n) is 2.78. The van der Waals surface area contributed by atoms with Gasteiger partial charge in [-0.3, -0.25) is 4.79 Å². The molecule has 1 atom stereocenters. The van der Waals surface area contributed by atoms with E-state index in [0.29, 0.717) is 23.2 Å². The third-order valence-electron chi connectivity index (χ3n) is 3.93. The maximum Gasteiger partial charge on any atom is 0.248 e. The third kappa shape index (κ3) is 3.12. The second-order valence-corrected chi connectivity index (χ2v) is 6.70. The molecule has 1 heterocycles. The first-order chi connectivity index (χ1) is 10.1. The number of carbonyl (C=O) groups is 1. The minimum atomic E-state index is -0.452. The van der Waals surface area contributed by atoms with Gasteiger partial charge in [-0.05, 0) is 54.0 Å². The maximum absolute atomic E-state index is 11.1. The standard InChI is InChI=1S/C16H17ClN2OS/c17-13-8-10(16(18)20)4-5-11(13)9-19-14-2-1-3-15-12(14)6-7-21-15/h4-8,14,19H,1-3,9H2,(H2,18,20). The Bertz CT molecular complexity index is 668. The highest BCUT2D eigenvalue weighted by Gasteiger charge is 2.20. The number of aryl methyl sites for hydroxylation is 1. The predicted octanol–water partition coefficient (Wildman–Crippen LogP) is 3.67. The number of benzene rings is 1. The Hall–Kier alpha value is -1.36. The molecule has 0 spiro atoms. The number of carbonyl (C=O) groups excluding carboxylic acids is 1. The maximum atomic E-state index is 11.1. The number of amides is 1. The van der Waals surface area contributed by atoms with E-state index in [1.54, 1.807) is 12.1 Å². The summed E-state index contributed by atoms with van der Waals surface area (Å²) in [5.74, 6) is -0.452. The molecule has 0 fully saturated rings. The lowest BCUT2D eigenvalue weighted by Gasteiger charge is -2.24. The number of primary amides is 1. The van der Waals surface area contributed by atoms with E-state index in [4.69, 9.17) is 17.3 Å². The summed E-state index contributed by atoms with van der Waals surface area (Å²) >= 11 is 8.07. The average Bonchev–Trinajstić information content (AvgIpc) is 2.94. The average molecular weight is 321 g/mol. The molecule has 0 saturated heterocycles. The van der Waals surface area contributed by atoms with Crippen LogP contribution in [0.4, 0.5) is 0 Å². The molecular weight excluding hydrogens is 304 g/mol. The van der Waals surface area contributed by atoms with Crippen molar-refractivity contribution >= 4 is 28.8 Å². The van der Waals surface area contributed by atoms with Crippen LogP contribution in [0.5, 0.6) is 0 Å². The number of hydrogen-bond acceptors (Lipinski definition) is 3. The van der Waals surface area contributed by atoms with E-state index in [1.807, 2.05) is 17.4 Å². The molecule has 21 heavy (non-hydrogen) atoms. The fraction of sp³-hybridized carbons (Fsp3) is 0.312. The molecule has 0 radical (unpaired) electrons. The molecule has 1 aliphatic carbocycles. The summed E-state index contributed by atoms with van der Waals surface area (Å²) in [4.78, 5) is 12.6. The zero-order chi connectivity index (χ0) is 14.8. The van der Waals surface area contributed by atoms with Crippen molar-refractivity contribution in [3.8, 4) is 0 Å². The number of thiophene rings is 1. The van der Waals surface area contributed by atoms with E-state index in [0.717, 1.165) is 12.0 Å². The normalized spacial score (nSPS) is 17.5. The van der Waals surface area contributed by atoms with Crippen LogP contribution < -0.4 is 11.1 Å². The molecule has 3 rings (SSSR count). The molecule has 5 heteroatoms. The van der Waals surface area contributed by atoms with Crippen LogP contribution in [0, 0.1) is 0 Å². The molecule has 0 bridgehead atoms. The number of halogens is 1. The fourth-order valence-corrected chi connectivity index (χ4v) is 4.01. The SMILES string of the molecule is NC(=O)c1ccc(CNC2CCCc3sccc32)c(Cl)c1. The van der Waals surface area contributed by atoms with Crippen LogP contribution in [0.2, 0.25) is 5.02 Å². The topological polar surface area (TPSA) is 55.1 Å². The monoisotopic (exact) mass is 320 g/mol. The molecule has 1 aliphatic rings. The number of rotatable bonds is 4. The first-order valence-electron chi connectivity index (χ1n) is 7.03. The van der Waals surface area contributed by atoms with Crippen molar-refractivity contribution in [2.45, 2.75) is 31.8 Å². The molecule has 0 saturated carbocycles. The summed E-state index contributed by atoms with van der Waals surface area (Å²) in [6, 6.07) is 7.84. The van der Waals surface area contributed by atoms with Gasteiger partial charge in [0.05, 0.1) is 0 Å². The third-order valence-corrected chi connectivity index (χ3v) is 5.28. The summed E-state index contributed by atoms with van der Waals surface area (Å²) in [5, 5.41) is 6.33. The highest BCUT2D eigenvalue weighted by Crippen LogP contribution is 2.33. The summed E-state index contributed by atoms with van der Waals surface area (Å²) in [5.41, 5.74) is 8.12. The summed E-state index contributed by atoms with van der Waals surface area (Å²) in [6.45, 7) is 0.692. The molecule has 1 aromatic heterocycles. The van der Waals surface area contributed by atoms with Gasteiger partial charge in [-0.2, -0.15) is 0 Å². The summed E-state index contributed by atoms with van der Waals surface area (Å²) < 4.78 is 0. The van der Waals surface area contributed by atoms with E-state index < -0.39 is 5.91 Å². The van der Waals surface area contributed by atoms with Crippen molar-refractivity contribution in [1.82, 2.24) is 5.32 Å². The van der Waals surface area contributed by atoms with Crippen LogP contribution in [0.25, 0.3) is 0 Å². The first kappa shape index (κ1) is 14.6. The molecule has 3 nitrogen and oxygen atoms in total. The largest absolute Gasteiger partial charge is 0.366 e. The van der Waals surface area contributed by atoms with E-state index in [2.05, 4.69) is 16.8 Å². The Balaban J connectivity index is 1.70. The molecule has 110 valence electrons. The van der Waals surface area contributed by atoms with Crippen molar-refractivity contribution < 1.29 is 4.79 Å². The van der Waals surface area contributed by atoms with Crippen molar-refractivity contribution in [2.24, 2.45) is 5.73 Å². The van der Waals surface area contributed by atoms with Gasteiger partial charge >= 0.3 is 0 Å². The second-order valence-electron chi connectivity index (χ2n) is 5.30. The van der Waals surface area contributed by atoms with Crippen molar-refractivity contribution in [3.05, 3.63) is 56.2 Å². The van der Waals surface area contributed by atoms with E-state index >= 15 is 0 Å². The van der Waals surface area contributed by atoms with E-state index in [1.165, 1.54) is 23.3 Å². The molecule has 3 N–H and O–H groups in total. The Kier molecular flexibility index (Phi) is 4.29. The lowest BCUT2D eigenvalue weighted by molar-refractivity contribution is 0.100. The van der Waals surface area contributed by atoms with Gasteiger partial charge in [0.1, 0.15) is 0 Å². The summed E-state index contributed by atoms with van der Waals surface area (Å²) in [6.07, 6.45) is 3.57. The van der Waals surface area contributed by atoms with E-state index in [9.17, 15) is 4.79 Å². The van der Waals surface area contributed by atoms with Crippen molar-refractivity contribution in [3.63, 3.8) is 0 Å². The quantitative estimate of drug-likeness (QED) is 0.903. The number of nitrogens with one attached hydrogen (secondary N) is 1. The highest BCUT2D eigenvalue weighted by molar-refractivity contribution is 7.10. The highest BCUT2D eigenvalue weighted by atomic mass is 35.5. The van der Waals surface area contributed by atoms with Gasteiger partial charge in [-0.15, -0.1) is 11.3 Å². The van der Waals surface area contributed by atoms with Gasteiger partial charge in [0, 0.05) is 28.0 Å². The zero-order valence-corrected chi connectivity index (χ0v) is 13.1.